The number of anilines is 1. The second-order valence-corrected chi connectivity index (χ2v) is 6.14. The maximum atomic E-state index is 12.3. The molecule has 0 aliphatic carbocycles. The SMILES string of the molecule is CCn1c2ccccc2c2cc(NC(=O)[C@@H]3CCC(=O)N3)ccc21. The van der Waals surface area contributed by atoms with Crippen LogP contribution in [0.5, 0.6) is 0 Å². The van der Waals surface area contributed by atoms with Crippen LogP contribution in [0.3, 0.4) is 0 Å². The minimum absolute atomic E-state index is 0.0587. The molecule has 1 aromatic heterocycles. The number of nitrogens with zero attached hydrogens (tertiary/aromatic N) is 1. The fourth-order valence-electron chi connectivity index (χ4n) is 3.51. The molecule has 1 aliphatic rings. The lowest BCUT2D eigenvalue weighted by molar-refractivity contribution is -0.122. The third kappa shape index (κ3) is 2.33. The van der Waals surface area contributed by atoms with Crippen molar-refractivity contribution >= 4 is 39.3 Å². The van der Waals surface area contributed by atoms with Gasteiger partial charge in [0, 0.05) is 40.5 Å². The summed E-state index contributed by atoms with van der Waals surface area (Å²) in [7, 11) is 0. The Balaban J connectivity index is 1.72. The summed E-state index contributed by atoms with van der Waals surface area (Å²) in [6, 6.07) is 13.8. The molecule has 5 nitrogen and oxygen atoms in total. The van der Waals surface area contributed by atoms with Gasteiger partial charge in [0.1, 0.15) is 6.04 Å². The maximum Gasteiger partial charge on any atom is 0.246 e. The Morgan fingerprint density at radius 3 is 2.75 bits per heavy atom. The normalized spacial score (nSPS) is 17.4. The van der Waals surface area contributed by atoms with Gasteiger partial charge in [-0.05, 0) is 37.6 Å². The van der Waals surface area contributed by atoms with Crippen LogP contribution < -0.4 is 10.6 Å². The number of carbonyl (C=O) groups excluding carboxylic acids is 2. The number of aromatic nitrogens is 1. The summed E-state index contributed by atoms with van der Waals surface area (Å²) in [4.78, 5) is 23.6. The van der Waals surface area contributed by atoms with Crippen LogP contribution in [-0.2, 0) is 16.1 Å². The van der Waals surface area contributed by atoms with Crippen molar-refractivity contribution in [3.05, 3.63) is 42.5 Å². The van der Waals surface area contributed by atoms with E-state index in [-0.39, 0.29) is 11.8 Å². The Bertz CT molecular complexity index is 958. The third-order valence-electron chi connectivity index (χ3n) is 4.67. The molecular weight excluding hydrogens is 302 g/mol. The summed E-state index contributed by atoms with van der Waals surface area (Å²) < 4.78 is 2.27. The molecular formula is C19H19N3O2. The molecule has 122 valence electrons. The van der Waals surface area contributed by atoms with Gasteiger partial charge in [-0.15, -0.1) is 0 Å². The number of rotatable bonds is 3. The van der Waals surface area contributed by atoms with Gasteiger partial charge in [-0.2, -0.15) is 0 Å². The van der Waals surface area contributed by atoms with Crippen LogP contribution in [-0.4, -0.2) is 22.4 Å². The molecule has 2 amide bonds. The fourth-order valence-corrected chi connectivity index (χ4v) is 3.51. The highest BCUT2D eigenvalue weighted by Crippen LogP contribution is 2.31. The van der Waals surface area contributed by atoms with Crippen LogP contribution >= 0.6 is 0 Å². The number of para-hydroxylation sites is 1. The summed E-state index contributed by atoms with van der Waals surface area (Å²) in [5, 5.41) is 7.93. The van der Waals surface area contributed by atoms with Gasteiger partial charge < -0.3 is 15.2 Å². The number of hydrogen-bond acceptors (Lipinski definition) is 2. The molecule has 0 bridgehead atoms. The molecule has 3 aromatic rings. The van der Waals surface area contributed by atoms with E-state index >= 15 is 0 Å². The molecule has 4 rings (SSSR count). The summed E-state index contributed by atoms with van der Waals surface area (Å²) in [5.41, 5.74) is 3.11. The topological polar surface area (TPSA) is 63.1 Å². The van der Waals surface area contributed by atoms with Crippen molar-refractivity contribution in [1.29, 1.82) is 0 Å². The Morgan fingerprint density at radius 1 is 1.21 bits per heavy atom. The highest BCUT2D eigenvalue weighted by Gasteiger charge is 2.27. The van der Waals surface area contributed by atoms with E-state index < -0.39 is 6.04 Å². The zero-order valence-corrected chi connectivity index (χ0v) is 13.5. The fraction of sp³-hybridized carbons (Fsp3) is 0.263. The lowest BCUT2D eigenvalue weighted by atomic mass is 10.1. The lowest BCUT2D eigenvalue weighted by Crippen LogP contribution is -2.37. The molecule has 1 atom stereocenters. The quantitative estimate of drug-likeness (QED) is 0.779. The van der Waals surface area contributed by atoms with E-state index in [0.29, 0.717) is 12.8 Å². The predicted molar refractivity (Wildman–Crippen MR) is 94.9 cm³/mol. The van der Waals surface area contributed by atoms with Gasteiger partial charge in [-0.25, -0.2) is 0 Å². The van der Waals surface area contributed by atoms with Crippen LogP contribution in [0.4, 0.5) is 5.69 Å². The molecule has 1 saturated heterocycles. The van der Waals surface area contributed by atoms with E-state index in [9.17, 15) is 9.59 Å². The average Bonchev–Trinajstić information content (AvgIpc) is 3.16. The third-order valence-corrected chi connectivity index (χ3v) is 4.67. The molecule has 0 saturated carbocycles. The minimum atomic E-state index is -0.426. The Kier molecular flexibility index (Phi) is 3.49. The van der Waals surface area contributed by atoms with Crippen molar-refractivity contribution in [1.82, 2.24) is 9.88 Å². The number of benzene rings is 2. The Morgan fingerprint density at radius 2 is 2.00 bits per heavy atom. The van der Waals surface area contributed by atoms with Crippen molar-refractivity contribution in [2.75, 3.05) is 5.32 Å². The van der Waals surface area contributed by atoms with Gasteiger partial charge >= 0.3 is 0 Å². The van der Waals surface area contributed by atoms with E-state index in [0.717, 1.165) is 23.1 Å². The second-order valence-electron chi connectivity index (χ2n) is 6.14. The molecule has 0 radical (unpaired) electrons. The first kappa shape index (κ1) is 14.8. The molecule has 2 N–H and O–H groups in total. The van der Waals surface area contributed by atoms with Crippen LogP contribution in [0.25, 0.3) is 21.8 Å². The van der Waals surface area contributed by atoms with Gasteiger partial charge in [0.05, 0.1) is 0 Å². The number of aryl methyl sites for hydroxylation is 1. The van der Waals surface area contributed by atoms with Gasteiger partial charge in [0.15, 0.2) is 0 Å². The van der Waals surface area contributed by atoms with E-state index in [2.05, 4.69) is 34.3 Å². The Labute approximate surface area is 139 Å². The van der Waals surface area contributed by atoms with E-state index in [1.165, 1.54) is 10.9 Å². The van der Waals surface area contributed by atoms with E-state index in [4.69, 9.17) is 0 Å². The van der Waals surface area contributed by atoms with E-state index in [1.54, 1.807) is 0 Å². The molecule has 0 unspecified atom stereocenters. The number of carbonyl (C=O) groups is 2. The van der Waals surface area contributed by atoms with Gasteiger partial charge in [-0.3, -0.25) is 9.59 Å². The monoisotopic (exact) mass is 321 g/mol. The zero-order chi connectivity index (χ0) is 16.7. The highest BCUT2D eigenvalue weighted by molar-refractivity contribution is 6.10. The summed E-state index contributed by atoms with van der Waals surface area (Å²) in [6.45, 7) is 3.02. The summed E-state index contributed by atoms with van der Waals surface area (Å²) in [5.74, 6) is -0.212. The van der Waals surface area contributed by atoms with Crippen LogP contribution in [0.2, 0.25) is 0 Å². The Hall–Kier alpha value is -2.82. The molecule has 0 spiro atoms. The maximum absolute atomic E-state index is 12.3. The number of amides is 2. The van der Waals surface area contributed by atoms with Crippen molar-refractivity contribution in [3.63, 3.8) is 0 Å². The van der Waals surface area contributed by atoms with Crippen LogP contribution in [0.1, 0.15) is 19.8 Å². The standard InChI is InChI=1S/C19H19N3O2/c1-2-22-16-6-4-3-5-13(16)14-11-12(7-9-17(14)22)20-19(24)15-8-10-18(23)21-15/h3-7,9,11,15H,2,8,10H2,1H3,(H,20,24)(H,21,23)/t15-/m0/s1. The summed E-state index contributed by atoms with van der Waals surface area (Å²) in [6.07, 6.45) is 0.975. The van der Waals surface area contributed by atoms with Gasteiger partial charge in [-0.1, -0.05) is 18.2 Å². The first-order valence-electron chi connectivity index (χ1n) is 8.28. The number of hydrogen-bond donors (Lipinski definition) is 2. The molecule has 24 heavy (non-hydrogen) atoms. The minimum Gasteiger partial charge on any atom is -0.344 e. The lowest BCUT2D eigenvalue weighted by Gasteiger charge is -2.11. The molecule has 2 heterocycles. The van der Waals surface area contributed by atoms with Crippen molar-refractivity contribution in [3.8, 4) is 0 Å². The van der Waals surface area contributed by atoms with E-state index in [1.807, 2.05) is 30.3 Å². The smallest absolute Gasteiger partial charge is 0.246 e. The second kappa shape index (κ2) is 5.67. The average molecular weight is 321 g/mol. The number of fused-ring (bicyclic) bond motifs is 3. The van der Waals surface area contributed by atoms with Crippen LogP contribution in [0.15, 0.2) is 42.5 Å². The van der Waals surface area contributed by atoms with Crippen molar-refractivity contribution in [2.45, 2.75) is 32.4 Å². The van der Waals surface area contributed by atoms with Gasteiger partial charge in [0.2, 0.25) is 11.8 Å². The summed E-state index contributed by atoms with van der Waals surface area (Å²) >= 11 is 0. The van der Waals surface area contributed by atoms with Gasteiger partial charge in [0.25, 0.3) is 0 Å². The molecule has 5 heteroatoms. The highest BCUT2D eigenvalue weighted by atomic mass is 16.2. The first-order valence-corrected chi connectivity index (χ1v) is 8.28. The molecule has 1 aliphatic heterocycles. The predicted octanol–water partition coefficient (Wildman–Crippen LogP) is 3.03. The number of nitrogens with one attached hydrogen (secondary N) is 2. The van der Waals surface area contributed by atoms with Crippen molar-refractivity contribution in [2.24, 2.45) is 0 Å². The molecule has 1 fully saturated rings. The molecule has 2 aromatic carbocycles. The van der Waals surface area contributed by atoms with Crippen LogP contribution in [0, 0.1) is 0 Å². The van der Waals surface area contributed by atoms with Crippen molar-refractivity contribution < 1.29 is 9.59 Å². The first-order chi connectivity index (χ1) is 11.7. The zero-order valence-electron chi connectivity index (χ0n) is 13.5. The largest absolute Gasteiger partial charge is 0.344 e.